The second kappa shape index (κ2) is 7.23. The Morgan fingerprint density at radius 3 is 2.24 bits per heavy atom. The third-order valence-electron chi connectivity index (χ3n) is 3.01. The van der Waals surface area contributed by atoms with E-state index < -0.39 is 28.2 Å². The molecule has 0 spiro atoms. The summed E-state index contributed by atoms with van der Waals surface area (Å²) in [6.45, 7) is 0. The Bertz CT molecular complexity index is 844. The van der Waals surface area contributed by atoms with Crippen molar-refractivity contribution in [3.63, 3.8) is 0 Å². The summed E-state index contributed by atoms with van der Waals surface area (Å²) in [7, 11) is 0. The first-order valence-electron chi connectivity index (χ1n) is 6.53. The number of amides is 3. The standard InChI is InChI=1S/C14H10N4O5S2/c15-11(19)9(12(16)20)6-17-13(21)10(25-14(17)24)5-7-1-3-8(4-2-7)18(22)23/h1-6H,(H2,15,19)(H2,16,20). The number of carbonyl (C=O) groups is 3. The molecule has 1 aliphatic heterocycles. The van der Waals surface area contributed by atoms with Crippen molar-refractivity contribution in [3.05, 3.63) is 56.6 Å². The molecule has 128 valence electrons. The van der Waals surface area contributed by atoms with Gasteiger partial charge in [0.1, 0.15) is 5.57 Å². The summed E-state index contributed by atoms with van der Waals surface area (Å²) in [5.41, 5.74) is 9.97. The fourth-order valence-corrected chi connectivity index (χ4v) is 3.02. The number of nitrogens with zero attached hydrogens (tertiary/aromatic N) is 2. The molecule has 25 heavy (non-hydrogen) atoms. The molecule has 0 bridgehead atoms. The summed E-state index contributed by atoms with van der Waals surface area (Å²) in [4.78, 5) is 46.0. The Morgan fingerprint density at radius 1 is 1.20 bits per heavy atom. The number of nitro benzene ring substituents is 1. The number of primary amides is 2. The highest BCUT2D eigenvalue weighted by atomic mass is 32.2. The molecule has 1 aromatic rings. The van der Waals surface area contributed by atoms with Crippen LogP contribution in [0.4, 0.5) is 5.69 Å². The lowest BCUT2D eigenvalue weighted by molar-refractivity contribution is -0.384. The maximum Gasteiger partial charge on any atom is 0.270 e. The van der Waals surface area contributed by atoms with Gasteiger partial charge in [0, 0.05) is 18.3 Å². The number of carbonyl (C=O) groups excluding carboxylic acids is 3. The van der Waals surface area contributed by atoms with Crippen molar-refractivity contribution in [2.75, 3.05) is 0 Å². The molecule has 0 atom stereocenters. The van der Waals surface area contributed by atoms with Crippen molar-refractivity contribution >= 4 is 57.8 Å². The normalized spacial score (nSPS) is 15.4. The van der Waals surface area contributed by atoms with E-state index in [9.17, 15) is 24.5 Å². The lowest BCUT2D eigenvalue weighted by Gasteiger charge is -2.09. The Morgan fingerprint density at radius 2 is 1.76 bits per heavy atom. The minimum Gasteiger partial charge on any atom is -0.365 e. The van der Waals surface area contributed by atoms with Crippen LogP contribution in [-0.2, 0) is 14.4 Å². The fraction of sp³-hybridized carbons (Fsp3) is 0. The lowest BCUT2D eigenvalue weighted by atomic mass is 10.2. The van der Waals surface area contributed by atoms with Crippen molar-refractivity contribution < 1.29 is 19.3 Å². The van der Waals surface area contributed by atoms with Crippen molar-refractivity contribution in [3.8, 4) is 0 Å². The zero-order valence-corrected chi connectivity index (χ0v) is 14.0. The van der Waals surface area contributed by atoms with Gasteiger partial charge in [-0.15, -0.1) is 0 Å². The highest BCUT2D eigenvalue weighted by Crippen LogP contribution is 2.33. The molecule has 3 amide bonds. The maximum absolute atomic E-state index is 12.4. The zero-order chi connectivity index (χ0) is 18.7. The molecule has 11 heteroatoms. The van der Waals surface area contributed by atoms with E-state index in [4.69, 9.17) is 23.7 Å². The van der Waals surface area contributed by atoms with Crippen LogP contribution in [0.3, 0.4) is 0 Å². The van der Waals surface area contributed by atoms with Crippen molar-refractivity contribution in [1.82, 2.24) is 4.90 Å². The molecule has 0 radical (unpaired) electrons. The number of nitro groups is 1. The highest BCUT2D eigenvalue weighted by molar-refractivity contribution is 8.26. The Labute approximate surface area is 150 Å². The van der Waals surface area contributed by atoms with E-state index in [1.54, 1.807) is 0 Å². The van der Waals surface area contributed by atoms with Crippen molar-refractivity contribution in [2.24, 2.45) is 11.5 Å². The van der Waals surface area contributed by atoms with Crippen LogP contribution in [0, 0.1) is 10.1 Å². The lowest BCUT2D eigenvalue weighted by Crippen LogP contribution is -2.31. The second-order valence-corrected chi connectivity index (χ2v) is 6.35. The molecule has 0 unspecified atom stereocenters. The molecule has 9 nitrogen and oxygen atoms in total. The molecule has 0 aliphatic carbocycles. The number of rotatable bonds is 5. The largest absolute Gasteiger partial charge is 0.365 e. The van der Waals surface area contributed by atoms with Gasteiger partial charge in [0.15, 0.2) is 4.32 Å². The fourth-order valence-electron chi connectivity index (χ4n) is 1.81. The van der Waals surface area contributed by atoms with Gasteiger partial charge in [-0.1, -0.05) is 24.0 Å². The molecule has 1 aromatic carbocycles. The van der Waals surface area contributed by atoms with Crippen LogP contribution in [0.5, 0.6) is 0 Å². The smallest absolute Gasteiger partial charge is 0.270 e. The van der Waals surface area contributed by atoms with Gasteiger partial charge < -0.3 is 11.5 Å². The number of benzene rings is 1. The molecule has 2 rings (SSSR count). The van der Waals surface area contributed by atoms with Gasteiger partial charge in [-0.25, -0.2) is 0 Å². The van der Waals surface area contributed by atoms with Gasteiger partial charge in [-0.2, -0.15) is 0 Å². The number of hydrogen-bond donors (Lipinski definition) is 2. The van der Waals surface area contributed by atoms with E-state index >= 15 is 0 Å². The molecular weight excluding hydrogens is 368 g/mol. The van der Waals surface area contributed by atoms with Gasteiger partial charge in [-0.05, 0) is 23.8 Å². The molecule has 1 heterocycles. The SMILES string of the molecule is NC(=O)C(=CN1C(=O)C(=Cc2ccc([N+](=O)[O-])cc2)SC1=S)C(N)=O. The van der Waals surface area contributed by atoms with E-state index in [0.29, 0.717) is 5.56 Å². The van der Waals surface area contributed by atoms with Crippen molar-refractivity contribution in [1.29, 1.82) is 0 Å². The van der Waals surface area contributed by atoms with Crippen LogP contribution < -0.4 is 11.5 Å². The van der Waals surface area contributed by atoms with Crippen LogP contribution in [0.2, 0.25) is 0 Å². The van der Waals surface area contributed by atoms with E-state index in [0.717, 1.165) is 22.9 Å². The monoisotopic (exact) mass is 378 g/mol. The van der Waals surface area contributed by atoms with Gasteiger partial charge >= 0.3 is 0 Å². The van der Waals surface area contributed by atoms with E-state index in [-0.39, 0.29) is 14.9 Å². The molecule has 1 saturated heterocycles. The third-order valence-corrected chi connectivity index (χ3v) is 4.34. The minimum atomic E-state index is -1.08. The quantitative estimate of drug-likeness (QED) is 0.191. The Balaban J connectivity index is 2.31. The topological polar surface area (TPSA) is 150 Å². The summed E-state index contributed by atoms with van der Waals surface area (Å²) in [6, 6.07) is 5.53. The first-order valence-corrected chi connectivity index (χ1v) is 7.76. The Kier molecular flexibility index (Phi) is 5.29. The predicted octanol–water partition coefficient (Wildman–Crippen LogP) is 0.650. The first-order chi connectivity index (χ1) is 11.7. The molecule has 1 fully saturated rings. The average Bonchev–Trinajstić information content (AvgIpc) is 2.79. The predicted molar refractivity (Wildman–Crippen MR) is 94.6 cm³/mol. The number of thioether (sulfide) groups is 1. The minimum absolute atomic E-state index is 0.0816. The molecule has 0 saturated carbocycles. The molecule has 4 N–H and O–H groups in total. The second-order valence-electron chi connectivity index (χ2n) is 4.67. The highest BCUT2D eigenvalue weighted by Gasteiger charge is 2.32. The summed E-state index contributed by atoms with van der Waals surface area (Å²) >= 11 is 5.99. The van der Waals surface area contributed by atoms with Crippen LogP contribution in [-0.4, -0.2) is 31.9 Å². The van der Waals surface area contributed by atoms with Crippen LogP contribution in [0.15, 0.2) is 40.9 Å². The van der Waals surface area contributed by atoms with Crippen LogP contribution >= 0.6 is 24.0 Å². The van der Waals surface area contributed by atoms with E-state index in [1.807, 2.05) is 0 Å². The van der Waals surface area contributed by atoms with Crippen LogP contribution in [0.25, 0.3) is 6.08 Å². The summed E-state index contributed by atoms with van der Waals surface area (Å²) in [5.74, 6) is -2.74. The van der Waals surface area contributed by atoms with E-state index in [2.05, 4.69) is 0 Å². The molecule has 0 aromatic heterocycles. The van der Waals surface area contributed by atoms with Crippen molar-refractivity contribution in [2.45, 2.75) is 0 Å². The zero-order valence-electron chi connectivity index (χ0n) is 12.4. The number of thiocarbonyl (C=S) groups is 1. The van der Waals surface area contributed by atoms with Crippen LogP contribution in [0.1, 0.15) is 5.56 Å². The van der Waals surface area contributed by atoms with Gasteiger partial charge in [-0.3, -0.25) is 29.4 Å². The summed E-state index contributed by atoms with van der Waals surface area (Å²) < 4.78 is 0.0816. The van der Waals surface area contributed by atoms with Gasteiger partial charge in [0.2, 0.25) is 0 Å². The van der Waals surface area contributed by atoms with E-state index in [1.165, 1.54) is 30.3 Å². The summed E-state index contributed by atoms with van der Waals surface area (Å²) in [6.07, 6.45) is 2.38. The van der Waals surface area contributed by atoms with Gasteiger partial charge in [0.05, 0.1) is 9.83 Å². The maximum atomic E-state index is 12.4. The average molecular weight is 378 g/mol. The molecule has 1 aliphatic rings. The number of nitrogens with two attached hydrogens (primary N) is 2. The first kappa shape index (κ1) is 18.3. The summed E-state index contributed by atoms with van der Waals surface area (Å²) in [5, 5.41) is 10.6. The number of non-ortho nitro benzene ring substituents is 1. The molecular formula is C14H10N4O5S2. The third kappa shape index (κ3) is 4.08. The Hall–Kier alpha value is -3.05. The van der Waals surface area contributed by atoms with Gasteiger partial charge in [0.25, 0.3) is 23.4 Å². The number of hydrogen-bond acceptors (Lipinski definition) is 7.